The summed E-state index contributed by atoms with van der Waals surface area (Å²) in [4.78, 5) is 16.5. The van der Waals surface area contributed by atoms with E-state index in [0.717, 1.165) is 0 Å². The molecule has 0 fully saturated rings. The molecule has 0 radical (unpaired) electrons. The number of aliphatic hydroxyl groups excluding tert-OH is 1. The van der Waals surface area contributed by atoms with Gasteiger partial charge in [0.15, 0.2) is 5.82 Å². The number of aromatic nitrogens is 1. The van der Waals surface area contributed by atoms with Gasteiger partial charge in [-0.2, -0.15) is 0 Å². The topological polar surface area (TPSA) is 62.2 Å². The number of amides is 1. The quantitative estimate of drug-likeness (QED) is 0.675. The Morgan fingerprint density at radius 1 is 1.00 bits per heavy atom. The first-order chi connectivity index (χ1) is 13.3. The van der Waals surface area contributed by atoms with Crippen molar-refractivity contribution in [1.29, 1.82) is 0 Å². The lowest BCUT2D eigenvalue weighted by atomic mass is 9.94. The number of para-hydroxylation sites is 1. The molecule has 5 heteroatoms. The van der Waals surface area contributed by atoms with Crippen LogP contribution in [-0.4, -0.2) is 16.0 Å². The molecule has 0 bridgehead atoms. The molecule has 1 amide bonds. The number of carbonyl (C=O) groups excluding carboxylic acids is 1. The van der Waals surface area contributed by atoms with Gasteiger partial charge in [-0.15, -0.1) is 0 Å². The maximum Gasteiger partial charge on any atom is 0.229 e. The highest BCUT2D eigenvalue weighted by molar-refractivity contribution is 5.98. The van der Waals surface area contributed by atoms with E-state index in [0.29, 0.717) is 16.8 Å². The second-order valence-corrected chi connectivity index (χ2v) is 7.62. The number of hydrogen-bond donors (Lipinski definition) is 2. The van der Waals surface area contributed by atoms with Crippen molar-refractivity contribution >= 4 is 11.6 Å². The molecule has 1 aromatic heterocycles. The zero-order valence-corrected chi connectivity index (χ0v) is 16.1. The molecule has 2 aromatic carbocycles. The van der Waals surface area contributed by atoms with Crippen LogP contribution in [0.2, 0.25) is 0 Å². The predicted molar refractivity (Wildman–Crippen MR) is 108 cm³/mol. The number of carbonyl (C=O) groups is 1. The van der Waals surface area contributed by atoms with E-state index in [4.69, 9.17) is 0 Å². The van der Waals surface area contributed by atoms with Crippen LogP contribution in [0, 0.1) is 11.2 Å². The maximum atomic E-state index is 15.3. The molecule has 2 N–H and O–H groups in total. The van der Waals surface area contributed by atoms with Crippen LogP contribution in [0.3, 0.4) is 0 Å². The Labute approximate surface area is 164 Å². The Morgan fingerprint density at radius 3 is 2.32 bits per heavy atom. The van der Waals surface area contributed by atoms with E-state index in [1.54, 1.807) is 54.6 Å². The molecule has 0 aliphatic carbocycles. The summed E-state index contributed by atoms with van der Waals surface area (Å²) in [7, 11) is 0. The monoisotopic (exact) mass is 378 g/mol. The van der Waals surface area contributed by atoms with Gasteiger partial charge >= 0.3 is 0 Å². The molecule has 3 rings (SSSR count). The molecule has 0 aliphatic rings. The van der Waals surface area contributed by atoms with Gasteiger partial charge in [0.2, 0.25) is 5.91 Å². The van der Waals surface area contributed by atoms with Gasteiger partial charge in [0.25, 0.3) is 0 Å². The Morgan fingerprint density at radius 2 is 1.64 bits per heavy atom. The fourth-order valence-electron chi connectivity index (χ4n) is 2.79. The number of halogens is 1. The van der Waals surface area contributed by atoms with Gasteiger partial charge in [-0.25, -0.2) is 4.39 Å². The van der Waals surface area contributed by atoms with Crippen molar-refractivity contribution in [3.8, 4) is 11.1 Å². The van der Waals surface area contributed by atoms with Crippen LogP contribution in [0.25, 0.3) is 11.1 Å². The fourth-order valence-corrected chi connectivity index (χ4v) is 2.79. The van der Waals surface area contributed by atoms with E-state index in [-0.39, 0.29) is 17.2 Å². The summed E-state index contributed by atoms with van der Waals surface area (Å²) in [6, 6.07) is 17.4. The normalized spacial score (nSPS) is 12.5. The minimum absolute atomic E-state index is 0.0550. The van der Waals surface area contributed by atoms with E-state index >= 15 is 4.39 Å². The number of nitrogens with one attached hydrogen (secondary N) is 1. The first-order valence-corrected chi connectivity index (χ1v) is 9.07. The number of benzene rings is 2. The summed E-state index contributed by atoms with van der Waals surface area (Å²) in [5.74, 6) is -0.782. The fraction of sp³-hybridized carbons (Fsp3) is 0.217. The highest BCUT2D eigenvalue weighted by Gasteiger charge is 2.24. The van der Waals surface area contributed by atoms with Gasteiger partial charge in [0.05, 0.1) is 0 Å². The molecule has 0 aliphatic heterocycles. The minimum atomic E-state index is -1.18. The summed E-state index contributed by atoms with van der Waals surface area (Å²) < 4.78 is 15.3. The molecule has 1 unspecified atom stereocenters. The zero-order chi connectivity index (χ0) is 20.3. The number of hydrogen-bond acceptors (Lipinski definition) is 3. The van der Waals surface area contributed by atoms with E-state index in [2.05, 4.69) is 10.3 Å². The predicted octanol–water partition coefficient (Wildman–Crippen LogP) is 4.95. The molecular weight excluding hydrogens is 355 g/mol. The second-order valence-electron chi connectivity index (χ2n) is 7.62. The third-order valence-electron chi connectivity index (χ3n) is 4.44. The van der Waals surface area contributed by atoms with Crippen LogP contribution in [0.5, 0.6) is 0 Å². The smallest absolute Gasteiger partial charge is 0.229 e. The molecule has 28 heavy (non-hydrogen) atoms. The number of nitrogens with zero attached hydrogens (tertiary/aromatic N) is 1. The van der Waals surface area contributed by atoms with Gasteiger partial charge in [-0.3, -0.25) is 9.78 Å². The van der Waals surface area contributed by atoms with Crippen molar-refractivity contribution in [2.75, 3.05) is 5.32 Å². The zero-order valence-electron chi connectivity index (χ0n) is 16.1. The first-order valence-electron chi connectivity index (χ1n) is 9.07. The minimum Gasteiger partial charge on any atom is -0.382 e. The third-order valence-corrected chi connectivity index (χ3v) is 4.44. The van der Waals surface area contributed by atoms with E-state index in [9.17, 15) is 9.90 Å². The van der Waals surface area contributed by atoms with Gasteiger partial charge in [-0.1, -0.05) is 69.3 Å². The Hall–Kier alpha value is -3.05. The largest absolute Gasteiger partial charge is 0.382 e. The Kier molecular flexibility index (Phi) is 5.56. The lowest BCUT2D eigenvalue weighted by molar-refractivity contribution is -0.123. The molecule has 1 heterocycles. The lowest BCUT2D eigenvalue weighted by Crippen LogP contribution is -2.27. The number of anilines is 1. The molecular formula is C23H23FN2O2. The summed E-state index contributed by atoms with van der Waals surface area (Å²) in [6.45, 7) is 5.44. The van der Waals surface area contributed by atoms with Gasteiger partial charge in [0.1, 0.15) is 11.8 Å². The first kappa shape index (κ1) is 19.7. The van der Waals surface area contributed by atoms with Crippen molar-refractivity contribution in [2.45, 2.75) is 26.9 Å². The SMILES string of the molecule is CC(C)(C)C(=O)Nc1ccccc1-c1ccnc(C(O)c2ccccc2)c1F. The molecule has 1 atom stereocenters. The molecule has 144 valence electrons. The van der Waals surface area contributed by atoms with Crippen LogP contribution in [0.15, 0.2) is 66.9 Å². The summed E-state index contributed by atoms with van der Waals surface area (Å²) in [6.07, 6.45) is 0.278. The number of rotatable bonds is 4. The van der Waals surface area contributed by atoms with Gasteiger partial charge < -0.3 is 10.4 Å². The van der Waals surface area contributed by atoms with Crippen LogP contribution in [-0.2, 0) is 4.79 Å². The molecule has 0 saturated carbocycles. The molecule has 3 aromatic rings. The van der Waals surface area contributed by atoms with Crippen LogP contribution >= 0.6 is 0 Å². The van der Waals surface area contributed by atoms with Gasteiger partial charge in [0, 0.05) is 28.4 Å². The lowest BCUT2D eigenvalue weighted by Gasteiger charge is -2.20. The third kappa shape index (κ3) is 4.10. The number of pyridine rings is 1. The summed E-state index contributed by atoms with van der Waals surface area (Å²) in [5.41, 5.74) is 1.22. The summed E-state index contributed by atoms with van der Waals surface area (Å²) in [5, 5.41) is 13.5. The molecule has 0 saturated heterocycles. The van der Waals surface area contributed by atoms with Crippen molar-refractivity contribution in [1.82, 2.24) is 4.98 Å². The van der Waals surface area contributed by atoms with Crippen molar-refractivity contribution in [3.05, 3.63) is 83.9 Å². The van der Waals surface area contributed by atoms with E-state index in [1.807, 2.05) is 26.8 Å². The van der Waals surface area contributed by atoms with Crippen molar-refractivity contribution in [3.63, 3.8) is 0 Å². The standard InChI is InChI=1S/C23H23FN2O2/c1-23(2,3)22(28)26-18-12-8-7-11-16(18)17-13-14-25-20(19(17)24)21(27)15-9-5-4-6-10-15/h4-14,21,27H,1-3H3,(H,26,28). The Balaban J connectivity index is 2.03. The van der Waals surface area contributed by atoms with Crippen molar-refractivity contribution < 1.29 is 14.3 Å². The van der Waals surface area contributed by atoms with Gasteiger partial charge in [-0.05, 0) is 17.7 Å². The second kappa shape index (κ2) is 7.90. The molecule has 4 nitrogen and oxygen atoms in total. The number of aliphatic hydroxyl groups is 1. The maximum absolute atomic E-state index is 15.3. The molecule has 0 spiro atoms. The highest BCUT2D eigenvalue weighted by atomic mass is 19.1. The average molecular weight is 378 g/mol. The van der Waals surface area contributed by atoms with Crippen LogP contribution < -0.4 is 5.32 Å². The van der Waals surface area contributed by atoms with E-state index < -0.39 is 17.3 Å². The van der Waals surface area contributed by atoms with E-state index in [1.165, 1.54) is 6.20 Å². The van der Waals surface area contributed by atoms with Crippen LogP contribution in [0.1, 0.15) is 38.1 Å². The van der Waals surface area contributed by atoms with Crippen molar-refractivity contribution in [2.24, 2.45) is 5.41 Å². The van der Waals surface area contributed by atoms with Crippen LogP contribution in [0.4, 0.5) is 10.1 Å². The summed E-state index contributed by atoms with van der Waals surface area (Å²) >= 11 is 0. The average Bonchev–Trinajstić information content (AvgIpc) is 2.68. The Bertz CT molecular complexity index is 981. The highest BCUT2D eigenvalue weighted by Crippen LogP contribution is 2.34.